The highest BCUT2D eigenvalue weighted by Crippen LogP contribution is 2.44. The van der Waals surface area contributed by atoms with Crippen molar-refractivity contribution in [3.63, 3.8) is 0 Å². The van der Waals surface area contributed by atoms with Gasteiger partial charge >= 0.3 is 0 Å². The summed E-state index contributed by atoms with van der Waals surface area (Å²) in [5, 5.41) is 8.83. The SMILES string of the molecule is CCCN1C[C@@H](NC(=S)NC)C[C@@H]2c3cccc4[nH]c(C)c(c34)C[C@H]21. The summed E-state index contributed by atoms with van der Waals surface area (Å²) >= 11 is 5.37. The molecule has 4 nitrogen and oxygen atoms in total. The number of aromatic amines is 1. The Hall–Kier alpha value is -1.59. The molecule has 0 unspecified atom stereocenters. The van der Waals surface area contributed by atoms with Gasteiger partial charge in [0.1, 0.15) is 0 Å². The Morgan fingerprint density at radius 2 is 2.24 bits per heavy atom. The lowest BCUT2D eigenvalue weighted by Crippen LogP contribution is -2.57. The van der Waals surface area contributed by atoms with E-state index in [1.54, 1.807) is 0 Å². The summed E-state index contributed by atoms with van der Waals surface area (Å²) in [5.41, 5.74) is 5.70. The maximum Gasteiger partial charge on any atom is 0.166 e. The van der Waals surface area contributed by atoms with Crippen molar-refractivity contribution >= 4 is 28.2 Å². The van der Waals surface area contributed by atoms with Gasteiger partial charge in [-0.05, 0) is 62.1 Å². The van der Waals surface area contributed by atoms with Crippen molar-refractivity contribution in [3.8, 4) is 0 Å². The smallest absolute Gasteiger partial charge is 0.166 e. The standard InChI is InChI=1S/C20H28N4S/c1-4-8-24-11-13(23-20(25)21-3)9-16-14-6-5-7-17-19(14)15(10-18(16)24)12(2)22-17/h5-7,13,16,18,22H,4,8-11H2,1-3H3,(H2,21,23,25)/t13-,16+,18+/m0/s1. The van der Waals surface area contributed by atoms with Crippen LogP contribution in [0.25, 0.3) is 10.9 Å². The lowest BCUT2D eigenvalue weighted by molar-refractivity contribution is 0.105. The number of benzene rings is 1. The Balaban J connectivity index is 1.74. The minimum Gasteiger partial charge on any atom is -0.366 e. The third kappa shape index (κ3) is 2.83. The number of nitrogens with zero attached hydrogens (tertiary/aromatic N) is 1. The average molecular weight is 357 g/mol. The van der Waals surface area contributed by atoms with E-state index < -0.39 is 0 Å². The second-order valence-corrected chi connectivity index (χ2v) is 7.94. The molecule has 0 saturated carbocycles. The first-order valence-electron chi connectivity index (χ1n) is 9.44. The van der Waals surface area contributed by atoms with Crippen LogP contribution in [0.4, 0.5) is 0 Å². The molecule has 0 amide bonds. The van der Waals surface area contributed by atoms with Gasteiger partial charge < -0.3 is 15.6 Å². The third-order valence-corrected chi connectivity index (χ3v) is 6.31. The number of rotatable bonds is 3. The van der Waals surface area contributed by atoms with Gasteiger partial charge in [0, 0.05) is 48.2 Å². The second kappa shape index (κ2) is 6.61. The molecule has 1 aromatic carbocycles. The van der Waals surface area contributed by atoms with Crippen LogP contribution in [-0.4, -0.2) is 47.2 Å². The second-order valence-electron chi connectivity index (χ2n) is 7.53. The van der Waals surface area contributed by atoms with E-state index in [9.17, 15) is 0 Å². The highest BCUT2D eigenvalue weighted by atomic mass is 32.1. The topological polar surface area (TPSA) is 43.1 Å². The van der Waals surface area contributed by atoms with Crippen molar-refractivity contribution < 1.29 is 0 Å². The predicted molar refractivity (Wildman–Crippen MR) is 108 cm³/mol. The van der Waals surface area contributed by atoms with Crippen molar-refractivity contribution in [1.29, 1.82) is 0 Å². The highest BCUT2D eigenvalue weighted by molar-refractivity contribution is 7.80. The zero-order valence-electron chi connectivity index (χ0n) is 15.4. The quantitative estimate of drug-likeness (QED) is 0.740. The van der Waals surface area contributed by atoms with Crippen LogP contribution in [0.5, 0.6) is 0 Å². The maximum atomic E-state index is 5.37. The van der Waals surface area contributed by atoms with Crippen LogP contribution in [0.2, 0.25) is 0 Å². The molecule has 0 spiro atoms. The fourth-order valence-electron chi connectivity index (χ4n) is 4.97. The summed E-state index contributed by atoms with van der Waals surface area (Å²) in [5.74, 6) is 0.573. The van der Waals surface area contributed by atoms with Gasteiger partial charge in [0.2, 0.25) is 0 Å². The van der Waals surface area contributed by atoms with Gasteiger partial charge in [0.15, 0.2) is 5.11 Å². The first-order valence-corrected chi connectivity index (χ1v) is 9.85. The molecule has 134 valence electrons. The van der Waals surface area contributed by atoms with E-state index in [0.29, 0.717) is 18.0 Å². The molecule has 2 heterocycles. The van der Waals surface area contributed by atoms with E-state index in [2.05, 4.69) is 52.6 Å². The van der Waals surface area contributed by atoms with Crippen LogP contribution in [-0.2, 0) is 6.42 Å². The van der Waals surface area contributed by atoms with Crippen LogP contribution < -0.4 is 10.6 Å². The summed E-state index contributed by atoms with van der Waals surface area (Å²) in [6.07, 6.45) is 3.50. The number of H-pyrrole nitrogens is 1. The first kappa shape index (κ1) is 16.9. The summed E-state index contributed by atoms with van der Waals surface area (Å²) in [4.78, 5) is 6.30. The fourth-order valence-corrected chi connectivity index (χ4v) is 5.14. The summed E-state index contributed by atoms with van der Waals surface area (Å²) in [7, 11) is 1.89. The van der Waals surface area contributed by atoms with Gasteiger partial charge in [-0.3, -0.25) is 4.90 Å². The van der Waals surface area contributed by atoms with Crippen molar-refractivity contribution in [3.05, 3.63) is 35.0 Å². The Morgan fingerprint density at radius 3 is 3.00 bits per heavy atom. The van der Waals surface area contributed by atoms with Gasteiger partial charge in [-0.2, -0.15) is 0 Å². The monoisotopic (exact) mass is 356 g/mol. The number of piperidine rings is 1. The number of nitrogens with one attached hydrogen (secondary N) is 3. The molecule has 1 fully saturated rings. The summed E-state index contributed by atoms with van der Waals surface area (Å²) < 4.78 is 0. The highest BCUT2D eigenvalue weighted by Gasteiger charge is 2.41. The zero-order chi connectivity index (χ0) is 17.6. The molecule has 0 radical (unpaired) electrons. The molecule has 1 aromatic heterocycles. The number of likely N-dealkylation sites (tertiary alicyclic amines) is 1. The van der Waals surface area contributed by atoms with Crippen molar-refractivity contribution in [2.75, 3.05) is 20.1 Å². The molecule has 0 bridgehead atoms. The number of aryl methyl sites for hydroxylation is 1. The Bertz CT molecular complexity index is 796. The third-order valence-electron chi connectivity index (χ3n) is 5.99. The van der Waals surface area contributed by atoms with Crippen LogP contribution in [0.3, 0.4) is 0 Å². The minimum atomic E-state index is 0.407. The molecule has 1 saturated heterocycles. The van der Waals surface area contributed by atoms with E-state index in [4.69, 9.17) is 12.2 Å². The summed E-state index contributed by atoms with van der Waals surface area (Å²) in [6.45, 7) is 6.73. The molecule has 2 aromatic rings. The van der Waals surface area contributed by atoms with E-state index in [1.807, 2.05) is 7.05 Å². The molecule has 25 heavy (non-hydrogen) atoms. The molecule has 2 aliphatic rings. The Kier molecular flexibility index (Phi) is 4.46. The number of fused-ring (bicyclic) bond motifs is 2. The normalized spacial score (nSPS) is 25.6. The van der Waals surface area contributed by atoms with Crippen molar-refractivity contribution in [1.82, 2.24) is 20.5 Å². The molecular weight excluding hydrogens is 328 g/mol. The number of aromatic nitrogens is 1. The Morgan fingerprint density at radius 1 is 1.40 bits per heavy atom. The zero-order valence-corrected chi connectivity index (χ0v) is 16.2. The van der Waals surface area contributed by atoms with Gasteiger partial charge in [0.25, 0.3) is 0 Å². The number of hydrogen-bond donors (Lipinski definition) is 3. The van der Waals surface area contributed by atoms with E-state index in [0.717, 1.165) is 31.0 Å². The lowest BCUT2D eigenvalue weighted by Gasteiger charge is -2.47. The Labute approximate surface area is 155 Å². The number of hydrogen-bond acceptors (Lipinski definition) is 2. The molecule has 1 aliphatic heterocycles. The van der Waals surface area contributed by atoms with E-state index in [-0.39, 0.29) is 0 Å². The fraction of sp³-hybridized carbons (Fsp3) is 0.550. The first-order chi connectivity index (χ1) is 12.1. The van der Waals surface area contributed by atoms with Gasteiger partial charge in [-0.25, -0.2) is 0 Å². The van der Waals surface area contributed by atoms with E-state index >= 15 is 0 Å². The molecule has 5 heteroatoms. The predicted octanol–water partition coefficient (Wildman–Crippen LogP) is 3.06. The average Bonchev–Trinajstić information content (AvgIpc) is 2.93. The number of thiocarbonyl (C=S) groups is 1. The molecule has 3 N–H and O–H groups in total. The van der Waals surface area contributed by atoms with Crippen molar-refractivity contribution in [2.24, 2.45) is 0 Å². The molecule has 1 aliphatic carbocycles. The van der Waals surface area contributed by atoms with Gasteiger partial charge in [0.05, 0.1) is 0 Å². The van der Waals surface area contributed by atoms with Crippen LogP contribution in [0, 0.1) is 6.92 Å². The lowest BCUT2D eigenvalue weighted by atomic mass is 9.73. The molecule has 4 rings (SSSR count). The van der Waals surface area contributed by atoms with E-state index in [1.165, 1.54) is 34.1 Å². The molecule has 3 atom stereocenters. The van der Waals surface area contributed by atoms with Crippen LogP contribution >= 0.6 is 12.2 Å². The maximum absolute atomic E-state index is 5.37. The van der Waals surface area contributed by atoms with Crippen LogP contribution in [0.15, 0.2) is 18.2 Å². The van der Waals surface area contributed by atoms with Gasteiger partial charge in [-0.15, -0.1) is 0 Å². The van der Waals surface area contributed by atoms with Crippen molar-refractivity contribution in [2.45, 2.75) is 51.1 Å². The molecular formula is C20H28N4S. The minimum absolute atomic E-state index is 0.407. The largest absolute Gasteiger partial charge is 0.366 e. The summed E-state index contributed by atoms with van der Waals surface area (Å²) in [6, 6.07) is 7.78. The van der Waals surface area contributed by atoms with Crippen LogP contribution in [0.1, 0.15) is 42.5 Å². The van der Waals surface area contributed by atoms with Gasteiger partial charge in [-0.1, -0.05) is 19.1 Å².